The minimum atomic E-state index is -5.08. The number of aromatic nitrogens is 2. The number of halogens is 3. The van der Waals surface area contributed by atoms with E-state index in [1.54, 1.807) is 11.1 Å². The number of aliphatic carboxylic acids is 1. The molecular weight excluding hydrogens is 411 g/mol. The van der Waals surface area contributed by atoms with Gasteiger partial charge >= 0.3 is 12.1 Å². The average molecular weight is 429 g/mol. The molecule has 0 bridgehead atoms. The number of hydrogen-bond donors (Lipinski definition) is 1. The zero-order valence-corrected chi connectivity index (χ0v) is 15.5. The molecule has 1 unspecified atom stereocenters. The van der Waals surface area contributed by atoms with Crippen LogP contribution in [0.5, 0.6) is 5.88 Å². The monoisotopic (exact) mass is 429 g/mol. The molecule has 2 fully saturated rings. The van der Waals surface area contributed by atoms with E-state index in [2.05, 4.69) is 9.97 Å². The lowest BCUT2D eigenvalue weighted by Crippen LogP contribution is -2.66. The van der Waals surface area contributed by atoms with E-state index < -0.39 is 12.1 Å². The minimum Gasteiger partial charge on any atom is -0.477 e. The molecule has 162 valence electrons. The predicted molar refractivity (Wildman–Crippen MR) is 92.6 cm³/mol. The van der Waals surface area contributed by atoms with Gasteiger partial charge in [-0.1, -0.05) is 6.07 Å². The summed E-state index contributed by atoms with van der Waals surface area (Å²) in [7, 11) is 0. The van der Waals surface area contributed by atoms with Crippen molar-refractivity contribution in [1.82, 2.24) is 14.9 Å². The van der Waals surface area contributed by atoms with E-state index in [-0.39, 0.29) is 17.4 Å². The average Bonchev–Trinajstić information content (AvgIpc) is 3.35. The van der Waals surface area contributed by atoms with Crippen molar-refractivity contribution in [3.8, 4) is 5.88 Å². The SMILES string of the molecule is O=C(O)C(F)(F)F.O=C(c1cocn1)N1CC2(C1)OCCC2COc1ccccn1. The number of pyridine rings is 1. The minimum absolute atomic E-state index is 0.121. The summed E-state index contributed by atoms with van der Waals surface area (Å²) in [6.45, 7) is 2.37. The van der Waals surface area contributed by atoms with Gasteiger partial charge in [0.1, 0.15) is 11.9 Å². The number of nitrogens with zero attached hydrogens (tertiary/aromatic N) is 3. The molecular formula is C18H18F3N3O6. The summed E-state index contributed by atoms with van der Waals surface area (Å²) in [6, 6.07) is 5.58. The summed E-state index contributed by atoms with van der Waals surface area (Å²) in [4.78, 5) is 30.9. The van der Waals surface area contributed by atoms with Gasteiger partial charge in [-0.05, 0) is 12.5 Å². The fraction of sp³-hybridized carbons (Fsp3) is 0.444. The molecule has 2 saturated heterocycles. The van der Waals surface area contributed by atoms with Crippen LogP contribution in [-0.2, 0) is 9.53 Å². The van der Waals surface area contributed by atoms with Gasteiger partial charge in [-0.2, -0.15) is 13.2 Å². The second-order valence-corrected chi connectivity index (χ2v) is 6.72. The third-order valence-electron chi connectivity index (χ3n) is 4.77. The van der Waals surface area contributed by atoms with Gasteiger partial charge in [-0.25, -0.2) is 14.8 Å². The van der Waals surface area contributed by atoms with Crippen molar-refractivity contribution < 1.29 is 41.8 Å². The normalized spacial score (nSPS) is 19.6. The van der Waals surface area contributed by atoms with Crippen molar-refractivity contribution in [1.29, 1.82) is 0 Å². The Balaban J connectivity index is 0.000000318. The maximum Gasteiger partial charge on any atom is 0.490 e. The van der Waals surface area contributed by atoms with Crippen molar-refractivity contribution in [2.45, 2.75) is 18.2 Å². The summed E-state index contributed by atoms with van der Waals surface area (Å²) >= 11 is 0. The van der Waals surface area contributed by atoms with Crippen LogP contribution in [0.2, 0.25) is 0 Å². The first-order valence-electron chi connectivity index (χ1n) is 8.87. The van der Waals surface area contributed by atoms with Crippen molar-refractivity contribution in [3.63, 3.8) is 0 Å². The van der Waals surface area contributed by atoms with E-state index in [1.807, 2.05) is 18.2 Å². The van der Waals surface area contributed by atoms with Crippen molar-refractivity contribution in [3.05, 3.63) is 42.7 Å². The van der Waals surface area contributed by atoms with Gasteiger partial charge in [0.25, 0.3) is 5.91 Å². The fourth-order valence-corrected chi connectivity index (χ4v) is 3.21. The largest absolute Gasteiger partial charge is 0.490 e. The van der Waals surface area contributed by atoms with Gasteiger partial charge in [-0.3, -0.25) is 4.79 Å². The van der Waals surface area contributed by atoms with Crippen LogP contribution in [0, 0.1) is 5.92 Å². The van der Waals surface area contributed by atoms with E-state index in [0.29, 0.717) is 37.9 Å². The Bertz CT molecular complexity index is 854. The van der Waals surface area contributed by atoms with Crippen LogP contribution in [0.1, 0.15) is 16.9 Å². The zero-order chi connectivity index (χ0) is 21.8. The molecule has 12 heteroatoms. The number of carboxylic acids is 1. The maximum absolute atomic E-state index is 12.2. The van der Waals surface area contributed by atoms with Crippen LogP contribution in [0.15, 0.2) is 41.5 Å². The number of carbonyl (C=O) groups excluding carboxylic acids is 1. The van der Waals surface area contributed by atoms with Crippen LogP contribution < -0.4 is 4.74 Å². The molecule has 0 radical (unpaired) electrons. The Kier molecular flexibility index (Phi) is 6.25. The van der Waals surface area contributed by atoms with E-state index in [1.165, 1.54) is 12.7 Å². The third-order valence-corrected chi connectivity index (χ3v) is 4.77. The lowest BCUT2D eigenvalue weighted by atomic mass is 9.81. The molecule has 30 heavy (non-hydrogen) atoms. The van der Waals surface area contributed by atoms with Crippen LogP contribution >= 0.6 is 0 Å². The summed E-state index contributed by atoms with van der Waals surface area (Å²) in [5.41, 5.74) is 0.0351. The number of oxazole rings is 1. The van der Waals surface area contributed by atoms with E-state index in [0.717, 1.165) is 6.42 Å². The molecule has 1 spiro atoms. The Hall–Kier alpha value is -3.15. The number of ether oxygens (including phenoxy) is 2. The second-order valence-electron chi connectivity index (χ2n) is 6.72. The molecule has 2 aromatic heterocycles. The first-order chi connectivity index (χ1) is 14.2. The first kappa shape index (κ1) is 21.6. The molecule has 4 rings (SSSR count). The second kappa shape index (κ2) is 8.69. The van der Waals surface area contributed by atoms with E-state index in [9.17, 15) is 18.0 Å². The van der Waals surface area contributed by atoms with Crippen LogP contribution in [0.25, 0.3) is 0 Å². The Morgan fingerprint density at radius 1 is 1.30 bits per heavy atom. The van der Waals surface area contributed by atoms with Gasteiger partial charge in [0, 0.05) is 24.8 Å². The first-order valence-corrected chi connectivity index (χ1v) is 8.87. The summed E-state index contributed by atoms with van der Waals surface area (Å²) in [5.74, 6) is -2.01. The number of hydrogen-bond acceptors (Lipinski definition) is 7. The number of likely N-dealkylation sites (tertiary alicyclic amines) is 1. The number of alkyl halides is 3. The molecule has 0 saturated carbocycles. The number of amides is 1. The lowest BCUT2D eigenvalue weighted by Gasteiger charge is -2.49. The molecule has 4 heterocycles. The highest BCUT2D eigenvalue weighted by Crippen LogP contribution is 2.40. The number of carbonyl (C=O) groups is 2. The molecule has 1 amide bonds. The lowest BCUT2D eigenvalue weighted by molar-refractivity contribution is -0.192. The molecule has 1 N–H and O–H groups in total. The highest BCUT2D eigenvalue weighted by molar-refractivity contribution is 5.92. The Morgan fingerprint density at radius 2 is 2.03 bits per heavy atom. The van der Waals surface area contributed by atoms with Crippen molar-refractivity contribution in [2.75, 3.05) is 26.3 Å². The highest BCUT2D eigenvalue weighted by Gasteiger charge is 2.55. The maximum atomic E-state index is 12.2. The molecule has 2 aromatic rings. The summed E-state index contributed by atoms with van der Waals surface area (Å²) < 4.78 is 48.3. The Labute approximate surface area is 168 Å². The Morgan fingerprint density at radius 3 is 2.60 bits per heavy atom. The molecule has 0 aromatic carbocycles. The van der Waals surface area contributed by atoms with Crippen LogP contribution in [0.3, 0.4) is 0 Å². The smallest absolute Gasteiger partial charge is 0.477 e. The van der Waals surface area contributed by atoms with Gasteiger partial charge < -0.3 is 23.9 Å². The molecule has 2 aliphatic heterocycles. The van der Waals surface area contributed by atoms with Gasteiger partial charge in [0.05, 0.1) is 19.7 Å². The standard InChI is InChI=1S/C16H17N3O4.C2HF3O2/c20-15(13-8-21-11-18-13)19-9-16(10-19)12(4-6-23-16)7-22-14-3-1-2-5-17-14;3-2(4,5)1(6)7/h1-3,5,8,11-12H,4,6-7,9-10H2;(H,6,7). The van der Waals surface area contributed by atoms with Crippen LogP contribution in [0.4, 0.5) is 13.2 Å². The highest BCUT2D eigenvalue weighted by atomic mass is 19.4. The van der Waals surface area contributed by atoms with Crippen molar-refractivity contribution in [2.24, 2.45) is 5.92 Å². The zero-order valence-electron chi connectivity index (χ0n) is 15.5. The van der Waals surface area contributed by atoms with Crippen molar-refractivity contribution >= 4 is 11.9 Å². The van der Waals surface area contributed by atoms with Gasteiger partial charge in [0.15, 0.2) is 12.1 Å². The molecule has 2 aliphatic rings. The molecule has 9 nitrogen and oxygen atoms in total. The van der Waals surface area contributed by atoms with Gasteiger partial charge in [0.2, 0.25) is 5.88 Å². The van der Waals surface area contributed by atoms with Crippen LogP contribution in [-0.4, -0.2) is 69.9 Å². The molecule has 1 atom stereocenters. The van der Waals surface area contributed by atoms with Gasteiger partial charge in [-0.15, -0.1) is 0 Å². The fourth-order valence-electron chi connectivity index (χ4n) is 3.21. The summed E-state index contributed by atoms with van der Waals surface area (Å²) in [6.07, 6.45) is 0.180. The third kappa shape index (κ3) is 4.87. The quantitative estimate of drug-likeness (QED) is 0.785. The summed E-state index contributed by atoms with van der Waals surface area (Å²) in [5, 5.41) is 7.12. The van der Waals surface area contributed by atoms with E-state index in [4.69, 9.17) is 23.8 Å². The topological polar surface area (TPSA) is 115 Å². The van der Waals surface area contributed by atoms with E-state index >= 15 is 0 Å². The number of rotatable bonds is 4. The predicted octanol–water partition coefficient (Wildman–Crippen LogP) is 2.01. The molecule has 0 aliphatic carbocycles. The number of carboxylic acid groups (broad SMARTS) is 1.